The molecule has 1 amide bonds. The Kier molecular flexibility index (Phi) is 5.53. The van der Waals surface area contributed by atoms with E-state index in [4.69, 9.17) is 4.74 Å². The number of nitrogens with one attached hydrogen (secondary N) is 1. The summed E-state index contributed by atoms with van der Waals surface area (Å²) in [5.41, 5.74) is 2.03. The van der Waals surface area contributed by atoms with Gasteiger partial charge in [-0.3, -0.25) is 5.32 Å². The van der Waals surface area contributed by atoms with Crippen LogP contribution in [0.25, 0.3) is 0 Å². The number of hydrogen-bond donors (Lipinski definition) is 1. The van der Waals surface area contributed by atoms with Gasteiger partial charge in [-0.15, -0.1) is 0 Å². The van der Waals surface area contributed by atoms with E-state index in [0.29, 0.717) is 12.5 Å². The van der Waals surface area contributed by atoms with Crippen molar-refractivity contribution >= 4 is 11.8 Å². The number of benzene rings is 1. The Bertz CT molecular complexity index is 346. The van der Waals surface area contributed by atoms with Crippen molar-refractivity contribution in [3.05, 3.63) is 29.8 Å². The van der Waals surface area contributed by atoms with Gasteiger partial charge in [0.2, 0.25) is 0 Å². The van der Waals surface area contributed by atoms with E-state index in [9.17, 15) is 4.79 Å². The van der Waals surface area contributed by atoms with Crippen LogP contribution in [0.4, 0.5) is 10.5 Å². The molecule has 3 heteroatoms. The summed E-state index contributed by atoms with van der Waals surface area (Å²) in [6.45, 7) is 6.71. The van der Waals surface area contributed by atoms with Crippen LogP contribution < -0.4 is 5.32 Å². The molecule has 94 valence electrons. The lowest BCUT2D eigenvalue weighted by Crippen LogP contribution is -2.17. The van der Waals surface area contributed by atoms with Gasteiger partial charge in [-0.2, -0.15) is 0 Å². The van der Waals surface area contributed by atoms with E-state index in [1.165, 1.54) is 5.56 Å². The summed E-state index contributed by atoms with van der Waals surface area (Å²) >= 11 is 0. The van der Waals surface area contributed by atoms with E-state index in [1.54, 1.807) is 0 Å². The summed E-state index contributed by atoms with van der Waals surface area (Å²) in [5.74, 6) is 0.406. The molecule has 0 spiro atoms. The summed E-state index contributed by atoms with van der Waals surface area (Å²) in [4.78, 5) is 11.5. The highest BCUT2D eigenvalue weighted by molar-refractivity contribution is 5.84. The lowest BCUT2D eigenvalue weighted by atomic mass is 10.1. The SMILES string of the molecule is CCc1ccc(NC(=O)OCC(C)CC)cc1. The molecule has 0 aliphatic carbocycles. The summed E-state index contributed by atoms with van der Waals surface area (Å²) in [6, 6.07) is 7.79. The number of amides is 1. The third-order valence-corrected chi connectivity index (χ3v) is 2.80. The zero-order chi connectivity index (χ0) is 12.7. The van der Waals surface area contributed by atoms with E-state index in [0.717, 1.165) is 18.5 Å². The molecule has 0 heterocycles. The normalized spacial score (nSPS) is 11.9. The Morgan fingerprint density at radius 1 is 1.29 bits per heavy atom. The van der Waals surface area contributed by atoms with Crippen molar-refractivity contribution in [3.8, 4) is 0 Å². The van der Waals surface area contributed by atoms with Crippen LogP contribution in [0.2, 0.25) is 0 Å². The summed E-state index contributed by atoms with van der Waals surface area (Å²) < 4.78 is 5.11. The fraction of sp³-hybridized carbons (Fsp3) is 0.500. The van der Waals surface area contributed by atoms with Crippen LogP contribution in [0.3, 0.4) is 0 Å². The van der Waals surface area contributed by atoms with Crippen LogP contribution in [0, 0.1) is 5.92 Å². The van der Waals surface area contributed by atoms with E-state index >= 15 is 0 Å². The molecule has 0 bridgehead atoms. The maximum Gasteiger partial charge on any atom is 0.411 e. The Labute approximate surface area is 103 Å². The third-order valence-electron chi connectivity index (χ3n) is 2.80. The van der Waals surface area contributed by atoms with Crippen LogP contribution in [-0.2, 0) is 11.2 Å². The summed E-state index contributed by atoms with van der Waals surface area (Å²) in [7, 11) is 0. The maximum atomic E-state index is 11.5. The molecule has 17 heavy (non-hydrogen) atoms. The number of aryl methyl sites for hydroxylation is 1. The van der Waals surface area contributed by atoms with E-state index in [2.05, 4.69) is 26.1 Å². The second-order valence-corrected chi connectivity index (χ2v) is 4.29. The Hall–Kier alpha value is -1.51. The molecule has 1 aromatic rings. The highest BCUT2D eigenvalue weighted by Gasteiger charge is 2.05. The number of ether oxygens (including phenoxy) is 1. The summed E-state index contributed by atoms with van der Waals surface area (Å²) in [6.07, 6.45) is 1.63. The summed E-state index contributed by atoms with van der Waals surface area (Å²) in [5, 5.41) is 2.71. The van der Waals surface area contributed by atoms with Gasteiger partial charge in [0.1, 0.15) is 0 Å². The molecule has 0 aliphatic rings. The van der Waals surface area contributed by atoms with Gasteiger partial charge in [0.25, 0.3) is 0 Å². The van der Waals surface area contributed by atoms with Crippen molar-refractivity contribution in [2.45, 2.75) is 33.6 Å². The Balaban J connectivity index is 2.39. The molecule has 1 rings (SSSR count). The highest BCUT2D eigenvalue weighted by atomic mass is 16.5. The second kappa shape index (κ2) is 6.94. The molecule has 1 aromatic carbocycles. The number of hydrogen-bond acceptors (Lipinski definition) is 2. The van der Waals surface area contributed by atoms with Crippen LogP contribution in [-0.4, -0.2) is 12.7 Å². The monoisotopic (exact) mass is 235 g/mol. The van der Waals surface area contributed by atoms with Crippen molar-refractivity contribution in [3.63, 3.8) is 0 Å². The van der Waals surface area contributed by atoms with Crippen molar-refractivity contribution < 1.29 is 9.53 Å². The molecule has 0 aromatic heterocycles. The first-order chi connectivity index (χ1) is 8.15. The molecule has 0 saturated heterocycles. The van der Waals surface area contributed by atoms with Gasteiger partial charge in [-0.05, 0) is 30.0 Å². The van der Waals surface area contributed by atoms with E-state index < -0.39 is 0 Å². The Morgan fingerprint density at radius 2 is 1.94 bits per heavy atom. The van der Waals surface area contributed by atoms with E-state index in [-0.39, 0.29) is 6.09 Å². The molecule has 3 nitrogen and oxygen atoms in total. The quantitative estimate of drug-likeness (QED) is 0.842. The van der Waals surface area contributed by atoms with Crippen LogP contribution in [0.5, 0.6) is 0 Å². The van der Waals surface area contributed by atoms with Gasteiger partial charge < -0.3 is 4.74 Å². The minimum atomic E-state index is -0.380. The van der Waals surface area contributed by atoms with Crippen molar-refractivity contribution in [1.82, 2.24) is 0 Å². The largest absolute Gasteiger partial charge is 0.449 e. The van der Waals surface area contributed by atoms with Crippen LogP contribution >= 0.6 is 0 Å². The second-order valence-electron chi connectivity index (χ2n) is 4.29. The third kappa shape index (κ3) is 4.89. The smallest absolute Gasteiger partial charge is 0.411 e. The lowest BCUT2D eigenvalue weighted by molar-refractivity contribution is 0.143. The van der Waals surface area contributed by atoms with Gasteiger partial charge in [-0.1, -0.05) is 39.3 Å². The average Bonchev–Trinajstić information content (AvgIpc) is 2.36. The topological polar surface area (TPSA) is 38.3 Å². The molecule has 1 N–H and O–H groups in total. The molecule has 1 atom stereocenters. The molecule has 0 saturated carbocycles. The zero-order valence-electron chi connectivity index (χ0n) is 10.8. The zero-order valence-corrected chi connectivity index (χ0v) is 10.8. The van der Waals surface area contributed by atoms with Crippen LogP contribution in [0.1, 0.15) is 32.8 Å². The minimum absolute atomic E-state index is 0.380. The van der Waals surface area contributed by atoms with Crippen molar-refractivity contribution in [2.24, 2.45) is 5.92 Å². The van der Waals surface area contributed by atoms with Gasteiger partial charge in [0.15, 0.2) is 0 Å². The minimum Gasteiger partial charge on any atom is -0.449 e. The fourth-order valence-corrected chi connectivity index (χ4v) is 1.31. The number of carbonyl (C=O) groups excluding carboxylic acids is 1. The molecule has 1 unspecified atom stereocenters. The number of anilines is 1. The van der Waals surface area contributed by atoms with Crippen LogP contribution in [0.15, 0.2) is 24.3 Å². The molecule has 0 aliphatic heterocycles. The molecular formula is C14H21NO2. The predicted octanol–water partition coefficient (Wildman–Crippen LogP) is 3.84. The van der Waals surface area contributed by atoms with Crippen molar-refractivity contribution in [2.75, 3.05) is 11.9 Å². The number of carbonyl (C=O) groups is 1. The fourth-order valence-electron chi connectivity index (χ4n) is 1.31. The Morgan fingerprint density at radius 3 is 2.47 bits per heavy atom. The van der Waals surface area contributed by atoms with Gasteiger partial charge in [-0.25, -0.2) is 4.79 Å². The molecular weight excluding hydrogens is 214 g/mol. The molecule has 0 radical (unpaired) electrons. The molecule has 0 fully saturated rings. The maximum absolute atomic E-state index is 11.5. The first kappa shape index (κ1) is 13.6. The first-order valence-electron chi connectivity index (χ1n) is 6.18. The van der Waals surface area contributed by atoms with E-state index in [1.807, 2.05) is 24.3 Å². The predicted molar refractivity (Wildman–Crippen MR) is 70.2 cm³/mol. The van der Waals surface area contributed by atoms with Gasteiger partial charge in [0.05, 0.1) is 6.61 Å². The lowest BCUT2D eigenvalue weighted by Gasteiger charge is -2.10. The standard InChI is InChI=1S/C14H21NO2/c1-4-11(3)10-17-14(16)15-13-8-6-12(5-2)7-9-13/h6-9,11H,4-5,10H2,1-3H3,(H,15,16). The van der Waals surface area contributed by atoms with Gasteiger partial charge in [0, 0.05) is 5.69 Å². The number of rotatable bonds is 5. The highest BCUT2D eigenvalue weighted by Crippen LogP contribution is 2.10. The average molecular weight is 235 g/mol. The van der Waals surface area contributed by atoms with Gasteiger partial charge >= 0.3 is 6.09 Å². The first-order valence-corrected chi connectivity index (χ1v) is 6.18. The van der Waals surface area contributed by atoms with Crippen molar-refractivity contribution in [1.29, 1.82) is 0 Å².